The van der Waals surface area contributed by atoms with Gasteiger partial charge < -0.3 is 28.4 Å². The van der Waals surface area contributed by atoms with Gasteiger partial charge >= 0.3 is 71.1 Å². The Morgan fingerprint density at radius 2 is 1.68 bits per heavy atom. The molecular formula is C24H22BrF2N2Na2O7PS. The van der Waals surface area contributed by atoms with Gasteiger partial charge in [-0.05, 0) is 50.1 Å². The van der Waals surface area contributed by atoms with Gasteiger partial charge in [-0.25, -0.2) is 4.79 Å². The van der Waals surface area contributed by atoms with Crippen LogP contribution in [-0.2, 0) is 31.0 Å². The normalized spacial score (nSPS) is 11.7. The van der Waals surface area contributed by atoms with Crippen LogP contribution < -0.4 is 73.7 Å². The molecule has 1 heterocycles. The average molecular weight is 677 g/mol. The van der Waals surface area contributed by atoms with E-state index in [2.05, 4.69) is 15.9 Å². The van der Waals surface area contributed by atoms with E-state index >= 15 is 0 Å². The number of nitrogens with one attached hydrogen (secondary N) is 1. The Balaban J connectivity index is 0.00000400. The number of alkyl halides is 2. The summed E-state index contributed by atoms with van der Waals surface area (Å²) >= 11 is 4.04. The first-order chi connectivity index (χ1) is 17.5. The van der Waals surface area contributed by atoms with Crippen molar-refractivity contribution in [3.05, 3.63) is 73.8 Å². The van der Waals surface area contributed by atoms with E-state index in [0.29, 0.717) is 16.8 Å². The summed E-state index contributed by atoms with van der Waals surface area (Å²) in [5, 5.41) is 9.96. The number of hydrogen-bond acceptors (Lipinski definition) is 9. The average Bonchev–Trinajstić information content (AvgIpc) is 3.17. The third-order valence-corrected chi connectivity index (χ3v) is 7.64. The van der Waals surface area contributed by atoms with Gasteiger partial charge in [-0.1, -0.05) is 40.2 Å². The van der Waals surface area contributed by atoms with Gasteiger partial charge in [0.1, 0.15) is 0 Å². The molecule has 0 aliphatic rings. The zero-order valence-corrected chi connectivity index (χ0v) is 29.6. The number of rotatable bonds is 8. The summed E-state index contributed by atoms with van der Waals surface area (Å²) in [6.07, 6.45) is 0. The molecule has 16 heteroatoms. The Hall–Kier alpha value is -0.700. The Morgan fingerprint density at radius 1 is 1.07 bits per heavy atom. The number of carbonyl (C=O) groups is 2. The number of thiazole rings is 1. The summed E-state index contributed by atoms with van der Waals surface area (Å²) in [6.45, 7) is 4.57. The van der Waals surface area contributed by atoms with Gasteiger partial charge in [0.05, 0.1) is 23.2 Å². The standard InChI is InChI=1S/C24H24BrF2N2O7PS.2Na/c1-23(2,3)21(31)36-13-35-20(30)16-7-5-15(6-8-16)19-12-38-22(28)29(19)11-14-4-9-17(18(25)10-14)24(26,27)37(32,33)34;;/h4-10,12,28H,11,13H2,1-3H3,(H2,32,33,34);;/q;2*+1/p-2. The predicted octanol–water partition coefficient (Wildman–Crippen LogP) is -1.82. The van der Waals surface area contributed by atoms with Crippen molar-refractivity contribution in [3.8, 4) is 11.3 Å². The van der Waals surface area contributed by atoms with Crippen LogP contribution in [0, 0.1) is 10.8 Å². The van der Waals surface area contributed by atoms with Crippen LogP contribution >= 0.6 is 34.9 Å². The minimum atomic E-state index is -6.23. The molecule has 1 N–H and O–H groups in total. The molecular weight excluding hydrogens is 655 g/mol. The Bertz CT molecular complexity index is 1470. The van der Waals surface area contributed by atoms with Gasteiger partial charge in [-0.2, -0.15) is 8.78 Å². The molecule has 0 radical (unpaired) electrons. The van der Waals surface area contributed by atoms with Gasteiger partial charge in [0.2, 0.25) is 6.79 Å². The van der Waals surface area contributed by atoms with Gasteiger partial charge in [0, 0.05) is 23.0 Å². The van der Waals surface area contributed by atoms with Crippen molar-refractivity contribution < 1.29 is 101 Å². The fourth-order valence-electron chi connectivity index (χ4n) is 3.17. The van der Waals surface area contributed by atoms with E-state index in [-0.39, 0.29) is 80.5 Å². The van der Waals surface area contributed by atoms with Crippen LogP contribution in [0.15, 0.2) is 52.3 Å². The number of hydrogen-bond donors (Lipinski definition) is 1. The van der Waals surface area contributed by atoms with Crippen molar-refractivity contribution in [3.63, 3.8) is 0 Å². The summed E-state index contributed by atoms with van der Waals surface area (Å²) in [7, 11) is -6.23. The van der Waals surface area contributed by atoms with E-state index in [1.165, 1.54) is 24.3 Å². The second-order valence-electron chi connectivity index (χ2n) is 9.17. The summed E-state index contributed by atoms with van der Waals surface area (Å²) < 4.78 is 50.3. The largest absolute Gasteiger partial charge is 1.00 e. The van der Waals surface area contributed by atoms with E-state index in [1.807, 2.05) is 0 Å². The van der Waals surface area contributed by atoms with Crippen LogP contribution in [-0.4, -0.2) is 23.3 Å². The first kappa shape index (κ1) is 37.3. The minimum absolute atomic E-state index is 0. The topological polar surface area (TPSA) is 145 Å². The Labute approximate surface area is 285 Å². The Kier molecular flexibility index (Phi) is 13.7. The molecule has 0 bridgehead atoms. The van der Waals surface area contributed by atoms with E-state index in [1.54, 1.807) is 42.9 Å². The number of aromatic nitrogens is 1. The van der Waals surface area contributed by atoms with Crippen LogP contribution in [0.3, 0.4) is 0 Å². The molecule has 0 aliphatic carbocycles. The van der Waals surface area contributed by atoms with Crippen LogP contribution in [0.5, 0.6) is 0 Å². The van der Waals surface area contributed by atoms with Crippen LogP contribution in [0.2, 0.25) is 0 Å². The van der Waals surface area contributed by atoms with Crippen molar-refractivity contribution in [2.45, 2.75) is 33.0 Å². The van der Waals surface area contributed by atoms with Crippen LogP contribution in [0.4, 0.5) is 8.78 Å². The fraction of sp³-hybridized carbons (Fsp3) is 0.292. The molecule has 3 aromatic rings. The Morgan fingerprint density at radius 3 is 2.20 bits per heavy atom. The van der Waals surface area contributed by atoms with Gasteiger partial charge in [0.15, 0.2) is 4.80 Å². The number of benzene rings is 2. The molecule has 0 atom stereocenters. The molecule has 1 aromatic heterocycles. The van der Waals surface area contributed by atoms with Crippen molar-refractivity contribution in [2.75, 3.05) is 6.79 Å². The number of nitrogens with zero attached hydrogens (tertiary/aromatic N) is 1. The fourth-order valence-corrected chi connectivity index (χ4v) is 5.27. The molecule has 0 saturated carbocycles. The maximum atomic E-state index is 14.0. The van der Waals surface area contributed by atoms with Gasteiger partial charge in [-0.3, -0.25) is 10.2 Å². The number of halogens is 3. The molecule has 204 valence electrons. The maximum absolute atomic E-state index is 14.0. The molecule has 0 fully saturated rings. The van der Waals surface area contributed by atoms with E-state index in [0.717, 1.165) is 17.4 Å². The third kappa shape index (κ3) is 8.90. The maximum Gasteiger partial charge on any atom is 1.00 e. The predicted molar refractivity (Wildman–Crippen MR) is 134 cm³/mol. The third-order valence-electron chi connectivity index (χ3n) is 5.27. The van der Waals surface area contributed by atoms with Crippen molar-refractivity contribution >= 4 is 46.8 Å². The summed E-state index contributed by atoms with van der Waals surface area (Å²) in [5.41, 5.74) is -4.35. The molecule has 0 amide bonds. The van der Waals surface area contributed by atoms with Crippen molar-refractivity contribution in [1.29, 1.82) is 5.41 Å². The molecule has 0 aliphatic heterocycles. The van der Waals surface area contributed by atoms with Gasteiger partial charge in [0.25, 0.3) is 5.66 Å². The molecule has 0 saturated heterocycles. The zero-order valence-electron chi connectivity index (χ0n) is 22.3. The molecule has 9 nitrogen and oxygen atoms in total. The number of ether oxygens (including phenoxy) is 2. The molecule has 3 rings (SSSR count). The summed E-state index contributed by atoms with van der Waals surface area (Å²) in [6, 6.07) is 9.66. The second kappa shape index (κ2) is 14.7. The molecule has 40 heavy (non-hydrogen) atoms. The summed E-state index contributed by atoms with van der Waals surface area (Å²) in [4.78, 5) is 46.2. The SMILES string of the molecule is CC(C)(C)C(=O)OCOC(=O)c1ccc(-c2csc(=N)n2Cc2ccc(C(F)(F)P(=O)([O-])[O-])c(Br)c2)cc1.[Na+].[Na+]. The van der Waals surface area contributed by atoms with E-state index < -0.39 is 43.0 Å². The van der Waals surface area contributed by atoms with Gasteiger partial charge in [-0.15, -0.1) is 11.3 Å². The van der Waals surface area contributed by atoms with Crippen LogP contribution in [0.25, 0.3) is 11.3 Å². The van der Waals surface area contributed by atoms with Crippen molar-refractivity contribution in [1.82, 2.24) is 4.57 Å². The second-order valence-corrected chi connectivity index (χ2v) is 12.4. The minimum Gasteiger partial charge on any atom is -0.806 e. The molecule has 0 unspecified atom stereocenters. The van der Waals surface area contributed by atoms with Crippen molar-refractivity contribution in [2.24, 2.45) is 5.41 Å². The smallest absolute Gasteiger partial charge is 0.806 e. The number of esters is 2. The quantitative estimate of drug-likeness (QED) is 0.128. The monoisotopic (exact) mass is 676 g/mol. The first-order valence-electron chi connectivity index (χ1n) is 10.9. The first-order valence-corrected chi connectivity index (χ1v) is 14.1. The van der Waals surface area contributed by atoms with E-state index in [9.17, 15) is 32.7 Å². The zero-order chi connectivity index (χ0) is 28.5. The summed E-state index contributed by atoms with van der Waals surface area (Å²) in [5.74, 6) is -1.21. The van der Waals surface area contributed by atoms with Crippen LogP contribution in [0.1, 0.15) is 42.3 Å². The number of carbonyl (C=O) groups excluding carboxylic acids is 2. The molecule has 2 aromatic carbocycles. The van der Waals surface area contributed by atoms with E-state index in [4.69, 9.17) is 14.9 Å². The molecule has 0 spiro atoms.